The van der Waals surface area contributed by atoms with E-state index in [0.717, 1.165) is 12.0 Å². The summed E-state index contributed by atoms with van der Waals surface area (Å²) < 4.78 is 10.8. The van der Waals surface area contributed by atoms with E-state index in [0.29, 0.717) is 10.0 Å². The monoisotopic (exact) mass is 262 g/mol. The molecule has 2 nitrogen and oxygen atoms in total. The number of methoxy groups -OCH3 is 2. The van der Waals surface area contributed by atoms with Gasteiger partial charge in [-0.2, -0.15) is 0 Å². The molecule has 90 valence electrons. The van der Waals surface area contributed by atoms with Crippen LogP contribution in [0.25, 0.3) is 0 Å². The van der Waals surface area contributed by atoms with Gasteiger partial charge in [0.15, 0.2) is 0 Å². The highest BCUT2D eigenvalue weighted by atomic mass is 35.5. The van der Waals surface area contributed by atoms with E-state index in [-0.39, 0.29) is 12.2 Å². The second kappa shape index (κ2) is 6.45. The Morgan fingerprint density at radius 3 is 2.31 bits per heavy atom. The molecule has 0 N–H and O–H groups in total. The van der Waals surface area contributed by atoms with Crippen LogP contribution in [0.5, 0.6) is 0 Å². The SMILES string of the molecule is CCC(OC)C(OC)c1ccc(Cl)cc1Cl. The van der Waals surface area contributed by atoms with Crippen LogP contribution in [0.4, 0.5) is 0 Å². The van der Waals surface area contributed by atoms with E-state index < -0.39 is 0 Å². The zero-order valence-electron chi connectivity index (χ0n) is 9.67. The average Bonchev–Trinajstić information content (AvgIpc) is 2.27. The van der Waals surface area contributed by atoms with E-state index in [1.165, 1.54) is 0 Å². The Morgan fingerprint density at radius 1 is 1.19 bits per heavy atom. The fourth-order valence-electron chi connectivity index (χ4n) is 1.72. The molecule has 2 unspecified atom stereocenters. The van der Waals surface area contributed by atoms with Crippen molar-refractivity contribution in [2.45, 2.75) is 25.6 Å². The van der Waals surface area contributed by atoms with E-state index in [1.807, 2.05) is 13.0 Å². The van der Waals surface area contributed by atoms with Crippen molar-refractivity contribution in [2.24, 2.45) is 0 Å². The summed E-state index contributed by atoms with van der Waals surface area (Å²) in [5.74, 6) is 0. The Morgan fingerprint density at radius 2 is 1.88 bits per heavy atom. The van der Waals surface area contributed by atoms with E-state index in [9.17, 15) is 0 Å². The molecule has 16 heavy (non-hydrogen) atoms. The zero-order valence-corrected chi connectivity index (χ0v) is 11.2. The van der Waals surface area contributed by atoms with E-state index in [1.54, 1.807) is 26.4 Å². The van der Waals surface area contributed by atoms with Crippen LogP contribution in [-0.4, -0.2) is 20.3 Å². The second-order valence-electron chi connectivity index (χ2n) is 3.50. The Kier molecular flexibility index (Phi) is 5.56. The molecule has 0 saturated carbocycles. The summed E-state index contributed by atoms with van der Waals surface area (Å²) in [7, 11) is 3.32. The van der Waals surface area contributed by atoms with Crippen LogP contribution < -0.4 is 0 Å². The Balaban J connectivity index is 3.03. The first-order chi connectivity index (χ1) is 7.63. The van der Waals surface area contributed by atoms with Crippen LogP contribution in [0.2, 0.25) is 10.0 Å². The minimum atomic E-state index is -0.167. The molecule has 1 rings (SSSR count). The quantitative estimate of drug-likeness (QED) is 0.796. The summed E-state index contributed by atoms with van der Waals surface area (Å²) in [5, 5.41) is 1.23. The van der Waals surface area contributed by atoms with Gasteiger partial charge in [0.2, 0.25) is 0 Å². The molecule has 0 saturated heterocycles. The molecule has 1 aromatic rings. The first-order valence-corrected chi connectivity index (χ1v) is 5.90. The van der Waals surface area contributed by atoms with Gasteiger partial charge in [-0.15, -0.1) is 0 Å². The third kappa shape index (κ3) is 3.11. The van der Waals surface area contributed by atoms with Gasteiger partial charge in [0.25, 0.3) is 0 Å². The van der Waals surface area contributed by atoms with Crippen LogP contribution in [0.15, 0.2) is 18.2 Å². The predicted molar refractivity (Wildman–Crippen MR) is 67.3 cm³/mol. The highest BCUT2D eigenvalue weighted by Gasteiger charge is 2.23. The number of hydrogen-bond acceptors (Lipinski definition) is 2. The Labute approximate surface area is 106 Å². The van der Waals surface area contributed by atoms with Crippen molar-refractivity contribution in [2.75, 3.05) is 14.2 Å². The fraction of sp³-hybridized carbons (Fsp3) is 0.500. The van der Waals surface area contributed by atoms with Crippen molar-refractivity contribution in [3.05, 3.63) is 33.8 Å². The van der Waals surface area contributed by atoms with Crippen molar-refractivity contribution in [3.8, 4) is 0 Å². The minimum Gasteiger partial charge on any atom is -0.378 e. The number of ether oxygens (including phenoxy) is 2. The van der Waals surface area contributed by atoms with E-state index in [4.69, 9.17) is 32.7 Å². The molecule has 0 aliphatic heterocycles. The van der Waals surface area contributed by atoms with Gasteiger partial charge in [-0.3, -0.25) is 0 Å². The van der Waals surface area contributed by atoms with E-state index in [2.05, 4.69) is 0 Å². The summed E-state index contributed by atoms with van der Waals surface area (Å²) in [6, 6.07) is 5.39. The lowest BCUT2D eigenvalue weighted by Crippen LogP contribution is -2.22. The maximum absolute atomic E-state index is 6.14. The van der Waals surface area contributed by atoms with Crippen LogP contribution >= 0.6 is 23.2 Å². The third-order valence-electron chi connectivity index (χ3n) is 2.57. The molecule has 0 fully saturated rings. The Hall–Kier alpha value is -0.280. The molecule has 0 aliphatic rings. The van der Waals surface area contributed by atoms with Gasteiger partial charge < -0.3 is 9.47 Å². The van der Waals surface area contributed by atoms with Gasteiger partial charge in [-0.1, -0.05) is 36.2 Å². The molecule has 0 radical (unpaired) electrons. The molecule has 0 aromatic heterocycles. The minimum absolute atomic E-state index is 0.0105. The molecule has 2 atom stereocenters. The molecule has 0 heterocycles. The normalized spacial score (nSPS) is 14.8. The number of halogens is 2. The van der Waals surface area contributed by atoms with Crippen LogP contribution in [0.3, 0.4) is 0 Å². The molecule has 1 aromatic carbocycles. The largest absolute Gasteiger partial charge is 0.378 e. The molecular formula is C12H16Cl2O2. The lowest BCUT2D eigenvalue weighted by atomic mass is 10.0. The van der Waals surface area contributed by atoms with Crippen molar-refractivity contribution in [3.63, 3.8) is 0 Å². The second-order valence-corrected chi connectivity index (χ2v) is 4.35. The average molecular weight is 263 g/mol. The van der Waals surface area contributed by atoms with Crippen LogP contribution in [0, 0.1) is 0 Å². The zero-order chi connectivity index (χ0) is 12.1. The number of rotatable bonds is 5. The van der Waals surface area contributed by atoms with Crippen molar-refractivity contribution in [1.82, 2.24) is 0 Å². The molecular weight excluding hydrogens is 247 g/mol. The van der Waals surface area contributed by atoms with Gasteiger partial charge in [0, 0.05) is 29.8 Å². The summed E-state index contributed by atoms with van der Waals surface area (Å²) in [5.41, 5.74) is 0.905. The summed E-state index contributed by atoms with van der Waals surface area (Å²) in [4.78, 5) is 0. The summed E-state index contributed by atoms with van der Waals surface area (Å²) in [6.07, 6.45) is 0.678. The smallest absolute Gasteiger partial charge is 0.110 e. The van der Waals surface area contributed by atoms with Gasteiger partial charge in [0.05, 0.1) is 6.10 Å². The molecule has 0 bridgehead atoms. The van der Waals surface area contributed by atoms with Gasteiger partial charge in [-0.05, 0) is 18.6 Å². The molecule has 0 aliphatic carbocycles. The number of hydrogen-bond donors (Lipinski definition) is 0. The van der Waals surface area contributed by atoms with E-state index >= 15 is 0 Å². The molecule has 0 spiro atoms. The Bertz CT molecular complexity index is 338. The molecule has 0 amide bonds. The van der Waals surface area contributed by atoms with Crippen molar-refractivity contribution < 1.29 is 9.47 Å². The predicted octanol–water partition coefficient (Wildman–Crippen LogP) is 4.11. The standard InChI is InChI=1S/C12H16Cl2O2/c1-4-11(15-2)12(16-3)9-6-5-8(13)7-10(9)14/h5-7,11-12H,4H2,1-3H3. The highest BCUT2D eigenvalue weighted by Crippen LogP contribution is 2.32. The molecule has 4 heteroatoms. The number of benzene rings is 1. The first kappa shape index (κ1) is 13.8. The fourth-order valence-corrected chi connectivity index (χ4v) is 2.23. The summed E-state index contributed by atoms with van der Waals surface area (Å²) >= 11 is 12.0. The third-order valence-corrected chi connectivity index (χ3v) is 3.13. The van der Waals surface area contributed by atoms with Gasteiger partial charge in [0.1, 0.15) is 6.10 Å². The topological polar surface area (TPSA) is 18.5 Å². The highest BCUT2D eigenvalue weighted by molar-refractivity contribution is 6.35. The maximum atomic E-state index is 6.14. The summed E-state index contributed by atoms with van der Waals surface area (Å²) in [6.45, 7) is 2.05. The maximum Gasteiger partial charge on any atom is 0.110 e. The van der Waals surface area contributed by atoms with Crippen LogP contribution in [-0.2, 0) is 9.47 Å². The lowest BCUT2D eigenvalue weighted by molar-refractivity contribution is -0.0390. The van der Waals surface area contributed by atoms with Gasteiger partial charge >= 0.3 is 0 Å². The van der Waals surface area contributed by atoms with Crippen molar-refractivity contribution >= 4 is 23.2 Å². The van der Waals surface area contributed by atoms with Crippen LogP contribution in [0.1, 0.15) is 25.0 Å². The van der Waals surface area contributed by atoms with Crippen molar-refractivity contribution in [1.29, 1.82) is 0 Å². The van der Waals surface area contributed by atoms with Gasteiger partial charge in [-0.25, -0.2) is 0 Å². The first-order valence-electron chi connectivity index (χ1n) is 5.14. The lowest BCUT2D eigenvalue weighted by Gasteiger charge is -2.25.